The van der Waals surface area contributed by atoms with Crippen molar-refractivity contribution >= 4 is 17.3 Å². The molecule has 0 bridgehead atoms. The monoisotopic (exact) mass is 278 g/mol. The van der Waals surface area contributed by atoms with Crippen LogP contribution in [0.15, 0.2) is 18.2 Å². The molecule has 0 aliphatic carbocycles. The molecule has 2 rings (SSSR count). The molecule has 7 nitrogen and oxygen atoms in total. The van der Waals surface area contributed by atoms with Crippen molar-refractivity contribution in [3.8, 4) is 0 Å². The molecule has 1 saturated heterocycles. The number of hydrogen-bond donors (Lipinski definition) is 2. The van der Waals surface area contributed by atoms with E-state index < -0.39 is 10.8 Å². The summed E-state index contributed by atoms with van der Waals surface area (Å²) in [5.41, 5.74) is 6.11. The summed E-state index contributed by atoms with van der Waals surface area (Å²) < 4.78 is 0. The first-order valence-electron chi connectivity index (χ1n) is 6.53. The second kappa shape index (κ2) is 5.87. The molecule has 1 heterocycles. The number of nitro benzene ring substituents is 1. The third-order valence-electron chi connectivity index (χ3n) is 3.63. The number of nitrogens with two attached hydrogens (primary N) is 1. The summed E-state index contributed by atoms with van der Waals surface area (Å²) in [6, 6.07) is 4.61. The minimum Gasteiger partial charge on any atom is -0.369 e. The first kappa shape index (κ1) is 14.3. The lowest BCUT2D eigenvalue weighted by atomic mass is 10.0. The van der Waals surface area contributed by atoms with Crippen LogP contribution >= 0.6 is 0 Å². The maximum absolute atomic E-state index is 11.5. The Kier molecular flexibility index (Phi) is 4.19. The number of benzene rings is 1. The second-order valence-corrected chi connectivity index (χ2v) is 4.90. The van der Waals surface area contributed by atoms with Gasteiger partial charge in [-0.15, -0.1) is 0 Å². The zero-order chi connectivity index (χ0) is 14.7. The zero-order valence-corrected chi connectivity index (χ0v) is 11.3. The number of piperidine rings is 1. The number of rotatable bonds is 4. The summed E-state index contributed by atoms with van der Waals surface area (Å²) in [7, 11) is 1.90. The number of amides is 1. The lowest BCUT2D eigenvalue weighted by Crippen LogP contribution is -2.45. The van der Waals surface area contributed by atoms with Crippen molar-refractivity contribution in [2.24, 2.45) is 5.73 Å². The van der Waals surface area contributed by atoms with Crippen LogP contribution in [0.25, 0.3) is 0 Å². The van der Waals surface area contributed by atoms with Crippen molar-refractivity contribution in [3.05, 3.63) is 33.9 Å². The molecule has 0 spiro atoms. The van der Waals surface area contributed by atoms with Crippen LogP contribution in [0.3, 0.4) is 0 Å². The van der Waals surface area contributed by atoms with Gasteiger partial charge in [-0.25, -0.2) is 0 Å². The van der Waals surface area contributed by atoms with Crippen LogP contribution in [0.1, 0.15) is 23.2 Å². The molecule has 7 heteroatoms. The Morgan fingerprint density at radius 2 is 2.30 bits per heavy atom. The van der Waals surface area contributed by atoms with Crippen molar-refractivity contribution < 1.29 is 9.72 Å². The fourth-order valence-corrected chi connectivity index (χ4v) is 2.54. The van der Waals surface area contributed by atoms with Gasteiger partial charge in [0.1, 0.15) is 0 Å². The molecule has 108 valence electrons. The summed E-state index contributed by atoms with van der Waals surface area (Å²) in [5, 5.41) is 14.0. The number of non-ortho nitro benzene ring substituents is 1. The number of primary amides is 1. The average molecular weight is 278 g/mol. The number of nitrogens with zero attached hydrogens (tertiary/aromatic N) is 2. The summed E-state index contributed by atoms with van der Waals surface area (Å²) in [4.78, 5) is 23.9. The quantitative estimate of drug-likeness (QED) is 0.629. The van der Waals surface area contributed by atoms with Gasteiger partial charge in [0.25, 0.3) is 11.6 Å². The maximum atomic E-state index is 11.5. The third kappa shape index (κ3) is 2.88. The number of likely N-dealkylation sites (N-methyl/N-ethyl adjacent to an activating group) is 1. The molecule has 1 aliphatic heterocycles. The lowest BCUT2D eigenvalue weighted by Gasteiger charge is -2.35. The smallest absolute Gasteiger partial charge is 0.270 e. The first-order valence-corrected chi connectivity index (χ1v) is 6.53. The lowest BCUT2D eigenvalue weighted by molar-refractivity contribution is -0.384. The van der Waals surface area contributed by atoms with Gasteiger partial charge in [-0.2, -0.15) is 0 Å². The van der Waals surface area contributed by atoms with Gasteiger partial charge in [-0.1, -0.05) is 0 Å². The largest absolute Gasteiger partial charge is 0.369 e. The minimum atomic E-state index is -0.643. The van der Waals surface area contributed by atoms with Gasteiger partial charge in [0, 0.05) is 31.3 Å². The Balaban J connectivity index is 2.35. The summed E-state index contributed by atoms with van der Waals surface area (Å²) in [5.74, 6) is -0.643. The van der Waals surface area contributed by atoms with Gasteiger partial charge >= 0.3 is 0 Å². The first-order chi connectivity index (χ1) is 9.52. The van der Waals surface area contributed by atoms with Gasteiger partial charge in [0.05, 0.1) is 16.2 Å². The minimum absolute atomic E-state index is 0.121. The van der Waals surface area contributed by atoms with Crippen LogP contribution in [0, 0.1) is 10.1 Å². The van der Waals surface area contributed by atoms with Crippen LogP contribution in [-0.4, -0.2) is 37.0 Å². The van der Waals surface area contributed by atoms with Crippen LogP contribution in [-0.2, 0) is 0 Å². The molecule has 1 aromatic carbocycles. The summed E-state index contributed by atoms with van der Waals surface area (Å²) in [6.07, 6.45) is 2.08. The third-order valence-corrected chi connectivity index (χ3v) is 3.63. The molecule has 20 heavy (non-hydrogen) atoms. The average Bonchev–Trinajstić information content (AvgIpc) is 2.46. The molecule has 0 radical (unpaired) electrons. The molecule has 1 atom stereocenters. The second-order valence-electron chi connectivity index (χ2n) is 4.90. The predicted molar refractivity (Wildman–Crippen MR) is 75.9 cm³/mol. The van der Waals surface area contributed by atoms with Crippen LogP contribution in [0.4, 0.5) is 11.4 Å². The SMILES string of the molecule is CNC1CCCN(c2ccc([N+](=O)[O-])cc2C(N)=O)C1. The van der Waals surface area contributed by atoms with Gasteiger partial charge < -0.3 is 16.0 Å². The van der Waals surface area contributed by atoms with Crippen molar-refractivity contribution in [1.29, 1.82) is 0 Å². The molecule has 1 aliphatic rings. The van der Waals surface area contributed by atoms with Crippen molar-refractivity contribution in [3.63, 3.8) is 0 Å². The van der Waals surface area contributed by atoms with Crippen LogP contribution < -0.4 is 16.0 Å². The van der Waals surface area contributed by atoms with Crippen molar-refractivity contribution in [1.82, 2.24) is 5.32 Å². The standard InChI is InChI=1S/C13H18N4O3/c1-15-9-3-2-6-16(8-9)12-5-4-10(17(19)20)7-11(12)13(14)18/h4-5,7,9,15H,2-3,6,8H2,1H3,(H2,14,18). The Hall–Kier alpha value is -2.15. The molecule has 1 amide bonds. The molecule has 0 aromatic heterocycles. The normalized spacial score (nSPS) is 18.9. The Labute approximate surface area is 116 Å². The molecule has 1 fully saturated rings. The van der Waals surface area contributed by atoms with Gasteiger partial charge in [-0.05, 0) is 26.0 Å². The number of nitrogens with one attached hydrogen (secondary N) is 1. The molecular weight excluding hydrogens is 260 g/mol. The molecule has 1 aromatic rings. The van der Waals surface area contributed by atoms with E-state index in [4.69, 9.17) is 5.73 Å². The molecule has 3 N–H and O–H groups in total. The molecular formula is C13H18N4O3. The topological polar surface area (TPSA) is 102 Å². The van der Waals surface area contributed by atoms with Crippen LogP contribution in [0.5, 0.6) is 0 Å². The van der Waals surface area contributed by atoms with E-state index in [0.29, 0.717) is 11.7 Å². The number of carbonyl (C=O) groups is 1. The van der Waals surface area contributed by atoms with E-state index in [2.05, 4.69) is 10.2 Å². The number of anilines is 1. The maximum Gasteiger partial charge on any atom is 0.270 e. The summed E-state index contributed by atoms with van der Waals surface area (Å²) in [6.45, 7) is 1.57. The Morgan fingerprint density at radius 3 is 2.90 bits per heavy atom. The molecule has 0 saturated carbocycles. The van der Waals surface area contributed by atoms with Gasteiger partial charge in [0.2, 0.25) is 0 Å². The Morgan fingerprint density at radius 1 is 1.55 bits per heavy atom. The molecule has 1 unspecified atom stereocenters. The van der Waals surface area contributed by atoms with Crippen molar-refractivity contribution in [2.75, 3.05) is 25.0 Å². The van der Waals surface area contributed by atoms with E-state index in [0.717, 1.165) is 25.9 Å². The highest BCUT2D eigenvalue weighted by atomic mass is 16.6. The van der Waals surface area contributed by atoms with E-state index in [-0.39, 0.29) is 11.3 Å². The van der Waals surface area contributed by atoms with E-state index in [1.165, 1.54) is 12.1 Å². The predicted octanol–water partition coefficient (Wildman–Crippen LogP) is 0.882. The number of hydrogen-bond acceptors (Lipinski definition) is 5. The van der Waals surface area contributed by atoms with E-state index >= 15 is 0 Å². The number of carbonyl (C=O) groups excluding carboxylic acids is 1. The van der Waals surface area contributed by atoms with Crippen molar-refractivity contribution in [2.45, 2.75) is 18.9 Å². The zero-order valence-electron chi connectivity index (χ0n) is 11.3. The number of nitro groups is 1. The fraction of sp³-hybridized carbons (Fsp3) is 0.462. The Bertz CT molecular complexity index is 532. The highest BCUT2D eigenvalue weighted by Gasteiger charge is 2.23. The highest BCUT2D eigenvalue weighted by molar-refractivity contribution is 5.99. The van der Waals surface area contributed by atoms with E-state index in [9.17, 15) is 14.9 Å². The fourth-order valence-electron chi connectivity index (χ4n) is 2.54. The summed E-state index contributed by atoms with van der Waals surface area (Å²) >= 11 is 0. The van der Waals surface area contributed by atoms with Gasteiger partial charge in [-0.3, -0.25) is 14.9 Å². The van der Waals surface area contributed by atoms with Gasteiger partial charge in [0.15, 0.2) is 0 Å². The van der Waals surface area contributed by atoms with E-state index in [1.807, 2.05) is 7.05 Å². The highest BCUT2D eigenvalue weighted by Crippen LogP contribution is 2.27. The van der Waals surface area contributed by atoms with E-state index in [1.54, 1.807) is 6.07 Å². The van der Waals surface area contributed by atoms with Crippen LogP contribution in [0.2, 0.25) is 0 Å².